The second-order valence-corrected chi connectivity index (χ2v) is 5.65. The molecule has 5 heteroatoms. The summed E-state index contributed by atoms with van der Waals surface area (Å²) < 4.78 is 0. The third-order valence-electron chi connectivity index (χ3n) is 3.30. The molecule has 0 radical (unpaired) electrons. The third kappa shape index (κ3) is 6.79. The Morgan fingerprint density at radius 3 is 2.29 bits per heavy atom. The first-order chi connectivity index (χ1) is 9.88. The van der Waals surface area contributed by atoms with Crippen LogP contribution in [0.3, 0.4) is 0 Å². The molecule has 1 rings (SSSR count). The minimum absolute atomic E-state index is 0.126. The monoisotopic (exact) mass is 292 g/mol. The molecule has 1 aromatic carbocycles. The molecule has 1 atom stereocenters. The Morgan fingerprint density at radius 1 is 1.14 bits per heavy atom. The highest BCUT2D eigenvalue weighted by Gasteiger charge is 2.08. The van der Waals surface area contributed by atoms with E-state index in [1.807, 2.05) is 31.2 Å². The van der Waals surface area contributed by atoms with Crippen LogP contribution in [0.25, 0.3) is 0 Å². The Morgan fingerprint density at radius 2 is 1.76 bits per heavy atom. The number of amides is 2. The highest BCUT2D eigenvalue weighted by atomic mass is 16.4. The molecule has 3 N–H and O–H groups in total. The number of benzene rings is 1. The summed E-state index contributed by atoms with van der Waals surface area (Å²) in [6.45, 7) is 6.62. The van der Waals surface area contributed by atoms with Gasteiger partial charge in [-0.2, -0.15) is 0 Å². The van der Waals surface area contributed by atoms with Crippen molar-refractivity contribution in [2.75, 3.05) is 11.9 Å². The van der Waals surface area contributed by atoms with Crippen molar-refractivity contribution in [3.05, 3.63) is 29.8 Å². The molecule has 1 aromatic rings. The van der Waals surface area contributed by atoms with Gasteiger partial charge in [-0.3, -0.25) is 4.79 Å². The van der Waals surface area contributed by atoms with Crippen LogP contribution in [0, 0.1) is 5.92 Å². The molecular formula is C16H24N2O3. The molecule has 21 heavy (non-hydrogen) atoms. The summed E-state index contributed by atoms with van der Waals surface area (Å²) in [5, 5.41) is 14.1. The highest BCUT2D eigenvalue weighted by molar-refractivity contribution is 5.89. The Labute approximate surface area is 125 Å². The van der Waals surface area contributed by atoms with E-state index < -0.39 is 5.97 Å². The van der Waals surface area contributed by atoms with Crippen LogP contribution in [-0.4, -0.2) is 23.7 Å². The van der Waals surface area contributed by atoms with Gasteiger partial charge in [0.15, 0.2) is 0 Å². The number of carboxylic acid groups (broad SMARTS) is 1. The van der Waals surface area contributed by atoms with E-state index in [1.165, 1.54) is 5.56 Å². The fourth-order valence-electron chi connectivity index (χ4n) is 1.87. The molecule has 0 fully saturated rings. The smallest absolute Gasteiger partial charge is 0.319 e. The molecule has 1 unspecified atom stereocenters. The second-order valence-electron chi connectivity index (χ2n) is 5.65. The molecule has 0 aromatic heterocycles. The summed E-state index contributed by atoms with van der Waals surface area (Å²) in [7, 11) is 0. The number of rotatable bonds is 7. The summed E-state index contributed by atoms with van der Waals surface area (Å²) in [6.07, 6.45) is 0.680. The van der Waals surface area contributed by atoms with Crippen molar-refractivity contribution in [2.45, 2.75) is 39.5 Å². The lowest BCUT2D eigenvalue weighted by Crippen LogP contribution is -2.32. The van der Waals surface area contributed by atoms with Crippen LogP contribution < -0.4 is 10.6 Å². The van der Waals surface area contributed by atoms with E-state index in [0.717, 1.165) is 5.69 Å². The number of nitrogens with one attached hydrogen (secondary N) is 2. The molecule has 5 nitrogen and oxygen atoms in total. The van der Waals surface area contributed by atoms with Gasteiger partial charge in [0.1, 0.15) is 0 Å². The van der Waals surface area contributed by atoms with Gasteiger partial charge in [-0.25, -0.2) is 4.79 Å². The topological polar surface area (TPSA) is 78.4 Å². The number of urea groups is 1. The van der Waals surface area contributed by atoms with Crippen molar-refractivity contribution in [1.29, 1.82) is 0 Å². The Balaban J connectivity index is 2.34. The van der Waals surface area contributed by atoms with Crippen molar-refractivity contribution in [2.24, 2.45) is 5.92 Å². The van der Waals surface area contributed by atoms with E-state index >= 15 is 0 Å². The molecule has 116 valence electrons. The lowest BCUT2D eigenvalue weighted by atomic mass is 10.0. The number of hydrogen-bond donors (Lipinski definition) is 3. The zero-order valence-corrected chi connectivity index (χ0v) is 12.8. The molecule has 0 aliphatic carbocycles. The fraction of sp³-hybridized carbons (Fsp3) is 0.500. The molecule has 0 heterocycles. The van der Waals surface area contributed by atoms with Crippen LogP contribution in [-0.2, 0) is 4.79 Å². The van der Waals surface area contributed by atoms with Gasteiger partial charge in [0.25, 0.3) is 0 Å². The van der Waals surface area contributed by atoms with Crippen LogP contribution in [0.15, 0.2) is 24.3 Å². The number of carboxylic acids is 1. The van der Waals surface area contributed by atoms with Crippen molar-refractivity contribution in [3.63, 3.8) is 0 Å². The first-order valence-corrected chi connectivity index (χ1v) is 7.25. The van der Waals surface area contributed by atoms with Crippen molar-refractivity contribution in [3.8, 4) is 0 Å². The number of carbonyl (C=O) groups is 2. The predicted molar refractivity (Wildman–Crippen MR) is 83.6 cm³/mol. The third-order valence-corrected chi connectivity index (χ3v) is 3.30. The first kappa shape index (κ1) is 17.0. The van der Waals surface area contributed by atoms with E-state index in [4.69, 9.17) is 5.11 Å². The van der Waals surface area contributed by atoms with Gasteiger partial charge in [0.05, 0.1) is 0 Å². The largest absolute Gasteiger partial charge is 0.481 e. The zero-order chi connectivity index (χ0) is 15.8. The minimum atomic E-state index is -0.809. The Bertz CT molecular complexity index is 469. The van der Waals surface area contributed by atoms with Crippen LogP contribution in [0.2, 0.25) is 0 Å². The predicted octanol–water partition coefficient (Wildman–Crippen LogP) is 3.43. The van der Waals surface area contributed by atoms with Gasteiger partial charge < -0.3 is 15.7 Å². The van der Waals surface area contributed by atoms with Gasteiger partial charge in [-0.05, 0) is 36.0 Å². The van der Waals surface area contributed by atoms with Gasteiger partial charge in [-0.15, -0.1) is 0 Å². The molecule has 0 saturated heterocycles. The van der Waals surface area contributed by atoms with Crippen molar-refractivity contribution in [1.82, 2.24) is 5.32 Å². The SMILES string of the molecule is CC(CCC(=O)O)CNC(=O)Nc1ccc(C(C)C)cc1. The summed E-state index contributed by atoms with van der Waals surface area (Å²) in [5.74, 6) is -0.213. The van der Waals surface area contributed by atoms with Gasteiger partial charge in [-0.1, -0.05) is 32.9 Å². The summed E-state index contributed by atoms with van der Waals surface area (Å²) in [4.78, 5) is 22.2. The number of carbonyl (C=O) groups excluding carboxylic acids is 1. The maximum atomic E-state index is 11.7. The lowest BCUT2D eigenvalue weighted by Gasteiger charge is -2.13. The molecule has 2 amide bonds. The average Bonchev–Trinajstić information content (AvgIpc) is 2.43. The molecular weight excluding hydrogens is 268 g/mol. The molecule has 0 aliphatic rings. The van der Waals surface area contributed by atoms with E-state index in [0.29, 0.717) is 18.9 Å². The fourth-order valence-corrected chi connectivity index (χ4v) is 1.87. The van der Waals surface area contributed by atoms with Crippen LogP contribution >= 0.6 is 0 Å². The first-order valence-electron chi connectivity index (χ1n) is 7.25. The van der Waals surface area contributed by atoms with Crippen LogP contribution in [0.4, 0.5) is 10.5 Å². The van der Waals surface area contributed by atoms with Crippen molar-refractivity contribution >= 4 is 17.7 Å². The quantitative estimate of drug-likeness (QED) is 0.720. The number of aliphatic carboxylic acids is 1. The van der Waals surface area contributed by atoms with Gasteiger partial charge in [0, 0.05) is 18.7 Å². The summed E-state index contributed by atoms with van der Waals surface area (Å²) in [5.41, 5.74) is 1.97. The van der Waals surface area contributed by atoms with Gasteiger partial charge >= 0.3 is 12.0 Å². The van der Waals surface area contributed by atoms with Gasteiger partial charge in [0.2, 0.25) is 0 Å². The Hall–Kier alpha value is -2.04. The van der Waals surface area contributed by atoms with E-state index in [9.17, 15) is 9.59 Å². The van der Waals surface area contributed by atoms with Crippen molar-refractivity contribution < 1.29 is 14.7 Å². The van der Waals surface area contributed by atoms with Crippen LogP contribution in [0.1, 0.15) is 45.1 Å². The number of anilines is 1. The zero-order valence-electron chi connectivity index (χ0n) is 12.8. The average molecular weight is 292 g/mol. The normalized spacial score (nSPS) is 12.0. The Kier molecular flexibility index (Phi) is 6.72. The summed E-state index contributed by atoms with van der Waals surface area (Å²) >= 11 is 0. The maximum Gasteiger partial charge on any atom is 0.319 e. The van der Waals surface area contributed by atoms with E-state index in [1.54, 1.807) is 0 Å². The minimum Gasteiger partial charge on any atom is -0.481 e. The standard InChI is InChI=1S/C16H24N2O3/c1-11(2)13-5-7-14(8-6-13)18-16(21)17-10-12(3)4-9-15(19)20/h5-8,11-12H,4,9-10H2,1-3H3,(H,19,20)(H2,17,18,21). The molecule has 0 bridgehead atoms. The second kappa shape index (κ2) is 8.29. The summed E-state index contributed by atoms with van der Waals surface area (Å²) in [6, 6.07) is 7.48. The maximum absolute atomic E-state index is 11.7. The highest BCUT2D eigenvalue weighted by Crippen LogP contribution is 2.17. The van der Waals surface area contributed by atoms with E-state index in [-0.39, 0.29) is 18.4 Å². The number of hydrogen-bond acceptors (Lipinski definition) is 2. The lowest BCUT2D eigenvalue weighted by molar-refractivity contribution is -0.137. The van der Waals surface area contributed by atoms with E-state index in [2.05, 4.69) is 24.5 Å². The molecule has 0 spiro atoms. The molecule has 0 aliphatic heterocycles. The molecule has 0 saturated carbocycles. The van der Waals surface area contributed by atoms with Crippen LogP contribution in [0.5, 0.6) is 0 Å².